The van der Waals surface area contributed by atoms with Gasteiger partial charge in [-0.3, -0.25) is 4.79 Å². The zero-order valence-corrected chi connectivity index (χ0v) is 6.96. The highest BCUT2D eigenvalue weighted by Gasteiger charge is 2.05. The lowest BCUT2D eigenvalue weighted by atomic mass is 10.2. The number of carbonyl (C=O) groups is 2. The summed E-state index contributed by atoms with van der Waals surface area (Å²) in [6, 6.07) is 0. The maximum atomic E-state index is 10.7. The molecule has 0 radical (unpaired) electrons. The highest BCUT2D eigenvalue weighted by atomic mass is 16.5. The molecule has 0 N–H and O–H groups in total. The standard InChI is InChI=1S/C8H12O4/c1-3-4-12-7(9)5-6(2)8(10)11/h2-5H2,1H3,(H,10,11)/p-1. The summed E-state index contributed by atoms with van der Waals surface area (Å²) in [5, 5.41) is 10.1. The maximum Gasteiger partial charge on any atom is 0.310 e. The van der Waals surface area contributed by atoms with Crippen LogP contribution >= 0.6 is 0 Å². The molecular weight excluding hydrogens is 160 g/mol. The van der Waals surface area contributed by atoms with Crippen LogP contribution in [0.4, 0.5) is 0 Å². The zero-order valence-electron chi connectivity index (χ0n) is 6.96. The van der Waals surface area contributed by atoms with Crippen LogP contribution in [-0.4, -0.2) is 18.5 Å². The quantitative estimate of drug-likeness (QED) is 0.418. The van der Waals surface area contributed by atoms with E-state index in [1.165, 1.54) is 0 Å². The number of ether oxygens (including phenoxy) is 1. The second-order valence-corrected chi connectivity index (χ2v) is 2.29. The van der Waals surface area contributed by atoms with Gasteiger partial charge < -0.3 is 14.6 Å². The summed E-state index contributed by atoms with van der Waals surface area (Å²) >= 11 is 0. The fraction of sp³-hybridized carbons (Fsp3) is 0.500. The topological polar surface area (TPSA) is 66.4 Å². The smallest absolute Gasteiger partial charge is 0.310 e. The van der Waals surface area contributed by atoms with Gasteiger partial charge >= 0.3 is 5.97 Å². The minimum absolute atomic E-state index is 0.254. The van der Waals surface area contributed by atoms with Crippen molar-refractivity contribution in [1.82, 2.24) is 0 Å². The molecule has 0 fully saturated rings. The molecule has 0 aliphatic rings. The number of carboxylic acids is 1. The molecule has 0 heterocycles. The van der Waals surface area contributed by atoms with Crippen molar-refractivity contribution in [2.45, 2.75) is 19.8 Å². The largest absolute Gasteiger partial charge is 0.545 e. The van der Waals surface area contributed by atoms with Crippen LogP contribution < -0.4 is 5.11 Å². The third kappa shape index (κ3) is 4.49. The molecule has 4 heteroatoms. The Morgan fingerprint density at radius 2 is 2.08 bits per heavy atom. The van der Waals surface area contributed by atoms with Gasteiger partial charge in [-0.1, -0.05) is 13.5 Å². The van der Waals surface area contributed by atoms with E-state index in [9.17, 15) is 14.7 Å². The van der Waals surface area contributed by atoms with E-state index < -0.39 is 11.9 Å². The Hall–Kier alpha value is -1.32. The molecule has 0 amide bonds. The number of rotatable bonds is 5. The van der Waals surface area contributed by atoms with Crippen molar-refractivity contribution in [3.63, 3.8) is 0 Å². The first-order valence-electron chi connectivity index (χ1n) is 3.62. The minimum Gasteiger partial charge on any atom is -0.545 e. The van der Waals surface area contributed by atoms with Crippen molar-refractivity contribution in [3.05, 3.63) is 12.2 Å². The highest BCUT2D eigenvalue weighted by Crippen LogP contribution is 1.98. The maximum absolute atomic E-state index is 10.7. The molecule has 4 nitrogen and oxygen atoms in total. The Balaban J connectivity index is 3.69. The Kier molecular flexibility index (Phi) is 4.76. The van der Waals surface area contributed by atoms with Crippen molar-refractivity contribution in [2.24, 2.45) is 0 Å². The molecule has 12 heavy (non-hydrogen) atoms. The van der Waals surface area contributed by atoms with E-state index in [1.807, 2.05) is 6.92 Å². The molecule has 0 bridgehead atoms. The molecule has 0 aromatic carbocycles. The van der Waals surface area contributed by atoms with E-state index in [4.69, 9.17) is 0 Å². The summed E-state index contributed by atoms with van der Waals surface area (Å²) in [6.45, 7) is 5.29. The second-order valence-electron chi connectivity index (χ2n) is 2.29. The van der Waals surface area contributed by atoms with Gasteiger partial charge in [-0.2, -0.15) is 0 Å². The normalized spacial score (nSPS) is 9.08. The fourth-order valence-electron chi connectivity index (χ4n) is 0.513. The van der Waals surface area contributed by atoms with Gasteiger partial charge in [-0.15, -0.1) is 0 Å². The van der Waals surface area contributed by atoms with Crippen LogP contribution in [-0.2, 0) is 14.3 Å². The van der Waals surface area contributed by atoms with Crippen molar-refractivity contribution >= 4 is 11.9 Å². The average Bonchev–Trinajstić information content (AvgIpc) is 2.00. The third-order valence-corrected chi connectivity index (χ3v) is 1.11. The highest BCUT2D eigenvalue weighted by molar-refractivity contribution is 5.90. The average molecular weight is 171 g/mol. The molecule has 0 aliphatic carbocycles. The lowest BCUT2D eigenvalue weighted by Crippen LogP contribution is -2.25. The molecular formula is C8H11O4-. The van der Waals surface area contributed by atoms with E-state index in [0.717, 1.165) is 0 Å². The fourth-order valence-corrected chi connectivity index (χ4v) is 0.513. The van der Waals surface area contributed by atoms with Crippen molar-refractivity contribution in [1.29, 1.82) is 0 Å². The summed E-state index contributed by atoms with van der Waals surface area (Å²) in [5.41, 5.74) is -0.254. The van der Waals surface area contributed by atoms with E-state index in [2.05, 4.69) is 11.3 Å². The number of carboxylic acid groups (broad SMARTS) is 1. The molecule has 0 saturated carbocycles. The van der Waals surface area contributed by atoms with Gasteiger partial charge in [0.15, 0.2) is 0 Å². The molecule has 0 aromatic rings. The van der Waals surface area contributed by atoms with Crippen molar-refractivity contribution < 1.29 is 19.4 Å². The molecule has 0 rings (SSSR count). The van der Waals surface area contributed by atoms with Crippen LogP contribution in [0.1, 0.15) is 19.8 Å². The Labute approximate surface area is 70.8 Å². The van der Waals surface area contributed by atoms with Crippen LogP contribution in [0.2, 0.25) is 0 Å². The molecule has 0 aliphatic heterocycles. The Morgan fingerprint density at radius 1 is 1.50 bits per heavy atom. The van der Waals surface area contributed by atoms with E-state index in [-0.39, 0.29) is 12.0 Å². The lowest BCUT2D eigenvalue weighted by molar-refractivity contribution is -0.299. The van der Waals surface area contributed by atoms with Crippen molar-refractivity contribution in [3.8, 4) is 0 Å². The number of hydrogen-bond donors (Lipinski definition) is 0. The minimum atomic E-state index is -1.41. The number of carbonyl (C=O) groups excluding carboxylic acids is 2. The van der Waals surface area contributed by atoms with E-state index in [0.29, 0.717) is 13.0 Å². The summed E-state index contributed by atoms with van der Waals surface area (Å²) in [5.74, 6) is -1.99. The summed E-state index contributed by atoms with van der Waals surface area (Å²) < 4.78 is 4.62. The molecule has 0 atom stereocenters. The third-order valence-electron chi connectivity index (χ3n) is 1.11. The van der Waals surface area contributed by atoms with Gasteiger partial charge in [0, 0.05) is 0 Å². The first kappa shape index (κ1) is 10.7. The van der Waals surface area contributed by atoms with Gasteiger partial charge in [0.1, 0.15) is 0 Å². The molecule has 68 valence electrons. The van der Waals surface area contributed by atoms with Gasteiger partial charge in [0.05, 0.1) is 19.0 Å². The monoisotopic (exact) mass is 171 g/mol. The molecule has 0 spiro atoms. The first-order valence-corrected chi connectivity index (χ1v) is 3.62. The van der Waals surface area contributed by atoms with E-state index >= 15 is 0 Å². The first-order chi connectivity index (χ1) is 5.57. The summed E-state index contributed by atoms with van der Waals surface area (Å²) in [4.78, 5) is 20.8. The molecule has 0 aromatic heterocycles. The SMILES string of the molecule is C=C(CC(=O)OCCC)C(=O)[O-]. The van der Waals surface area contributed by atoms with Gasteiger partial charge in [-0.05, 0) is 12.0 Å². The zero-order chi connectivity index (χ0) is 9.56. The number of hydrogen-bond acceptors (Lipinski definition) is 4. The Bertz CT molecular complexity index is 195. The van der Waals surface area contributed by atoms with Crippen LogP contribution in [0.3, 0.4) is 0 Å². The summed E-state index contributed by atoms with van der Waals surface area (Å²) in [6.07, 6.45) is 0.409. The second kappa shape index (κ2) is 5.35. The van der Waals surface area contributed by atoms with Crippen LogP contribution in [0.25, 0.3) is 0 Å². The van der Waals surface area contributed by atoms with Crippen molar-refractivity contribution in [2.75, 3.05) is 6.61 Å². The molecule has 0 saturated heterocycles. The molecule has 0 unspecified atom stereocenters. The van der Waals surface area contributed by atoms with E-state index in [1.54, 1.807) is 0 Å². The van der Waals surface area contributed by atoms with Gasteiger partial charge in [-0.25, -0.2) is 0 Å². The van der Waals surface area contributed by atoms with Gasteiger partial charge in [0.25, 0.3) is 0 Å². The number of esters is 1. The summed E-state index contributed by atoms with van der Waals surface area (Å²) in [7, 11) is 0. The number of aliphatic carboxylic acids is 1. The van der Waals surface area contributed by atoms with Crippen LogP contribution in [0.5, 0.6) is 0 Å². The predicted molar refractivity (Wildman–Crippen MR) is 40.0 cm³/mol. The Morgan fingerprint density at radius 3 is 2.50 bits per heavy atom. The van der Waals surface area contributed by atoms with Crippen LogP contribution in [0.15, 0.2) is 12.2 Å². The predicted octanol–water partition coefficient (Wildman–Crippen LogP) is -0.364. The van der Waals surface area contributed by atoms with Crippen LogP contribution in [0, 0.1) is 0 Å². The van der Waals surface area contributed by atoms with Gasteiger partial charge in [0.2, 0.25) is 0 Å². The lowest BCUT2D eigenvalue weighted by Gasteiger charge is -2.05.